The van der Waals surface area contributed by atoms with E-state index in [9.17, 15) is 0 Å². The molecule has 3 heteroatoms. The van der Waals surface area contributed by atoms with Gasteiger partial charge in [0.05, 0.1) is 0 Å². The van der Waals surface area contributed by atoms with Crippen LogP contribution < -0.4 is 24.8 Å². The molecule has 0 aromatic heterocycles. The van der Waals surface area contributed by atoms with Crippen molar-refractivity contribution < 1.29 is 44.0 Å². The molecule has 104 valence electrons. The van der Waals surface area contributed by atoms with Gasteiger partial charge in [-0.2, -0.15) is 0 Å². The fourth-order valence-electron chi connectivity index (χ4n) is 2.55. The van der Waals surface area contributed by atoms with E-state index in [2.05, 4.69) is 52.0 Å². The van der Waals surface area contributed by atoms with Crippen molar-refractivity contribution in [3.63, 3.8) is 0 Å². The molecule has 2 aliphatic rings. The van der Waals surface area contributed by atoms with Crippen LogP contribution in [0.25, 0.3) is 0 Å². The van der Waals surface area contributed by atoms with Gasteiger partial charge in [0.1, 0.15) is 0 Å². The van der Waals surface area contributed by atoms with E-state index in [-0.39, 0.29) is 44.0 Å². The normalized spacial score (nSPS) is 17.2. The summed E-state index contributed by atoms with van der Waals surface area (Å²) >= 11 is -0.0443. The van der Waals surface area contributed by atoms with Crippen molar-refractivity contribution >= 4 is 0 Å². The van der Waals surface area contributed by atoms with E-state index in [1.807, 2.05) is 0 Å². The van der Waals surface area contributed by atoms with Crippen LogP contribution in [0.4, 0.5) is 0 Å². The third kappa shape index (κ3) is 4.64. The van der Waals surface area contributed by atoms with Crippen LogP contribution in [-0.2, 0) is 19.2 Å². The van der Waals surface area contributed by atoms with Crippen LogP contribution in [0.1, 0.15) is 40.5 Å². The molecule has 0 unspecified atom stereocenters. The van der Waals surface area contributed by atoms with Crippen LogP contribution in [0.15, 0.2) is 43.2 Å². The van der Waals surface area contributed by atoms with Gasteiger partial charge in [-0.05, 0) is 0 Å². The van der Waals surface area contributed by atoms with Crippen LogP contribution in [0.5, 0.6) is 0 Å². The molecule has 0 fully saturated rings. The molecule has 0 aromatic carbocycles. The first-order valence-corrected chi connectivity index (χ1v) is 8.22. The average Bonchev–Trinajstić information content (AvgIpc) is 2.86. The molecule has 0 N–H and O–H groups in total. The Labute approximate surface area is 139 Å². The summed E-state index contributed by atoms with van der Waals surface area (Å²) in [5, 5.41) is 0. The summed E-state index contributed by atoms with van der Waals surface area (Å²) in [4.78, 5) is 0. The summed E-state index contributed by atoms with van der Waals surface area (Å²) in [5.74, 6) is 1.40. The summed E-state index contributed by atoms with van der Waals surface area (Å²) < 4.78 is 3.55. The van der Waals surface area contributed by atoms with Gasteiger partial charge >= 0.3 is 115 Å². The van der Waals surface area contributed by atoms with Crippen molar-refractivity contribution in [1.29, 1.82) is 0 Å². The van der Waals surface area contributed by atoms with Crippen LogP contribution in [0, 0.1) is 11.8 Å². The molecule has 0 radical (unpaired) electrons. The summed E-state index contributed by atoms with van der Waals surface area (Å²) in [6.07, 6.45) is 11.9. The van der Waals surface area contributed by atoms with Crippen LogP contribution in [0.3, 0.4) is 0 Å². The molecule has 0 heterocycles. The van der Waals surface area contributed by atoms with Crippen molar-refractivity contribution in [2.75, 3.05) is 0 Å². The number of rotatable bonds is 4. The van der Waals surface area contributed by atoms with Gasteiger partial charge in [0, 0.05) is 0 Å². The van der Waals surface area contributed by atoms with Gasteiger partial charge in [0.25, 0.3) is 0 Å². The number of hydrogen-bond acceptors (Lipinski definition) is 0. The molecule has 19 heavy (non-hydrogen) atoms. The Bertz CT molecular complexity index is 386. The summed E-state index contributed by atoms with van der Waals surface area (Å²) in [6, 6.07) is 0. The van der Waals surface area contributed by atoms with Gasteiger partial charge in [-0.3, -0.25) is 0 Å². The second kappa shape index (κ2) is 8.52. The van der Waals surface area contributed by atoms with Gasteiger partial charge in [0.2, 0.25) is 0 Å². The first kappa shape index (κ1) is 19.3. The minimum atomic E-state index is -0.0443. The maximum absolute atomic E-state index is 2.36. The first-order chi connectivity index (χ1) is 8.09. The Morgan fingerprint density at radius 3 is 1.47 bits per heavy atom. The van der Waals surface area contributed by atoms with E-state index in [1.165, 1.54) is 12.8 Å². The second-order valence-electron chi connectivity index (χ2n) is 5.52. The number of allylic oxidation sites excluding steroid dienone is 8. The van der Waals surface area contributed by atoms with Crippen molar-refractivity contribution in [2.45, 2.75) is 40.5 Å². The monoisotopic (exact) mass is 332 g/mol. The molecule has 0 amide bonds. The van der Waals surface area contributed by atoms with Gasteiger partial charge in [-0.25, -0.2) is 0 Å². The van der Waals surface area contributed by atoms with E-state index in [0.717, 1.165) is 0 Å². The fraction of sp³-hybridized carbons (Fsp3) is 0.500. The molecule has 0 atom stereocenters. The third-order valence-corrected chi connectivity index (χ3v) is 5.96. The molecular weight excluding hydrogens is 311 g/mol. The van der Waals surface area contributed by atoms with Gasteiger partial charge < -0.3 is 24.8 Å². The quantitative estimate of drug-likeness (QED) is 0.568. The summed E-state index contributed by atoms with van der Waals surface area (Å²) in [6.45, 7) is 9.28. The Kier molecular flexibility index (Phi) is 8.64. The zero-order valence-electron chi connectivity index (χ0n) is 12.1. The molecular formula is C16H22Cl2Ti. The molecule has 2 rings (SSSR count). The SMILES string of the molecule is CC(C)C1=[C]([Ti+2][C]2=C(C(C)C)C=CC2)CC=C1.[Cl-].[Cl-]. The molecule has 0 spiro atoms. The third-order valence-electron chi connectivity index (χ3n) is 3.48. The van der Waals surface area contributed by atoms with Crippen LogP contribution >= 0.6 is 0 Å². The van der Waals surface area contributed by atoms with E-state index in [4.69, 9.17) is 0 Å². The minimum Gasteiger partial charge on any atom is -1.00 e. The van der Waals surface area contributed by atoms with E-state index in [1.54, 1.807) is 18.9 Å². The molecule has 0 aliphatic heterocycles. The largest absolute Gasteiger partial charge is 1.00 e. The Morgan fingerprint density at radius 1 is 0.789 bits per heavy atom. The van der Waals surface area contributed by atoms with Crippen molar-refractivity contribution in [1.82, 2.24) is 0 Å². The van der Waals surface area contributed by atoms with Crippen LogP contribution in [-0.4, -0.2) is 0 Å². The first-order valence-electron chi connectivity index (χ1n) is 6.65. The van der Waals surface area contributed by atoms with Crippen LogP contribution in [0.2, 0.25) is 0 Å². The second-order valence-corrected chi connectivity index (χ2v) is 7.79. The smallest absolute Gasteiger partial charge is 1.00 e. The Hall–Kier alpha value is 0.254. The molecule has 0 bridgehead atoms. The van der Waals surface area contributed by atoms with Crippen molar-refractivity contribution in [3.05, 3.63) is 43.2 Å². The predicted octanol–water partition coefficient (Wildman–Crippen LogP) is -1.18. The maximum atomic E-state index is 2.36. The predicted molar refractivity (Wildman–Crippen MR) is 71.2 cm³/mol. The fourth-order valence-corrected chi connectivity index (χ4v) is 5.42. The van der Waals surface area contributed by atoms with Crippen molar-refractivity contribution in [3.8, 4) is 0 Å². The van der Waals surface area contributed by atoms with E-state index in [0.29, 0.717) is 11.8 Å². The summed E-state index contributed by atoms with van der Waals surface area (Å²) in [7, 11) is 0. The number of hydrogen-bond donors (Lipinski definition) is 0. The maximum Gasteiger partial charge on any atom is -1.00 e. The van der Waals surface area contributed by atoms with Gasteiger partial charge in [-0.15, -0.1) is 0 Å². The topological polar surface area (TPSA) is 0 Å². The molecule has 0 aromatic rings. The molecule has 2 aliphatic carbocycles. The summed E-state index contributed by atoms with van der Waals surface area (Å²) in [5.41, 5.74) is 3.26. The Balaban J connectivity index is 0.00000162. The molecule has 0 saturated carbocycles. The standard InChI is InChI=1S/2C8H11.2ClH.Ti/c2*1-7(2)8-5-3-4-6-8;;;/h2*3,5,7H,4H2,1-2H3;2*1H;/q;;;;+2/p-2. The van der Waals surface area contributed by atoms with E-state index >= 15 is 0 Å². The molecule has 0 nitrogen and oxygen atoms in total. The molecule has 0 saturated heterocycles. The minimum absolute atomic E-state index is 0. The average molecular weight is 333 g/mol. The Morgan fingerprint density at radius 2 is 1.16 bits per heavy atom. The van der Waals surface area contributed by atoms with Gasteiger partial charge in [-0.1, -0.05) is 0 Å². The zero-order chi connectivity index (χ0) is 12.4. The van der Waals surface area contributed by atoms with Crippen molar-refractivity contribution in [2.24, 2.45) is 11.8 Å². The zero-order valence-corrected chi connectivity index (χ0v) is 15.2. The number of halogens is 2. The van der Waals surface area contributed by atoms with E-state index < -0.39 is 0 Å². The van der Waals surface area contributed by atoms with Gasteiger partial charge in [0.15, 0.2) is 0 Å².